The summed E-state index contributed by atoms with van der Waals surface area (Å²) in [4.78, 5) is 8.11. The minimum atomic E-state index is 0.357. The predicted octanol–water partition coefficient (Wildman–Crippen LogP) is 1.65. The molecule has 0 aliphatic rings. The van der Waals surface area contributed by atoms with Crippen LogP contribution in [0.5, 0.6) is 5.88 Å². The lowest BCUT2D eigenvalue weighted by Crippen LogP contribution is -2.09. The standard InChI is InChI=1S/C11H17ClN2O3/c1-15-3-2-4-16-5-6-17-11-9-13-10(7-12)8-14-11/h8-9H,2-7H2,1H3. The van der Waals surface area contributed by atoms with E-state index < -0.39 is 0 Å². The van der Waals surface area contributed by atoms with Crippen molar-refractivity contribution in [1.82, 2.24) is 9.97 Å². The molecule has 0 spiro atoms. The average Bonchev–Trinajstić information content (AvgIpc) is 2.38. The zero-order chi connectivity index (χ0) is 12.3. The third kappa shape index (κ3) is 6.41. The first kappa shape index (κ1) is 14.2. The predicted molar refractivity (Wildman–Crippen MR) is 64.4 cm³/mol. The largest absolute Gasteiger partial charge is 0.474 e. The second-order valence-corrected chi connectivity index (χ2v) is 3.55. The highest BCUT2D eigenvalue weighted by Gasteiger charge is 1.97. The van der Waals surface area contributed by atoms with Gasteiger partial charge < -0.3 is 14.2 Å². The van der Waals surface area contributed by atoms with Gasteiger partial charge in [0.25, 0.3) is 0 Å². The van der Waals surface area contributed by atoms with Crippen LogP contribution < -0.4 is 4.74 Å². The van der Waals surface area contributed by atoms with Gasteiger partial charge in [0, 0.05) is 20.3 Å². The zero-order valence-corrected chi connectivity index (χ0v) is 10.7. The number of nitrogens with zero attached hydrogens (tertiary/aromatic N) is 2. The number of rotatable bonds is 9. The van der Waals surface area contributed by atoms with Crippen molar-refractivity contribution in [2.75, 3.05) is 33.5 Å². The highest BCUT2D eigenvalue weighted by Crippen LogP contribution is 2.05. The van der Waals surface area contributed by atoms with Gasteiger partial charge in [0.1, 0.15) is 6.61 Å². The van der Waals surface area contributed by atoms with Gasteiger partial charge in [-0.2, -0.15) is 0 Å². The fourth-order valence-electron chi connectivity index (χ4n) is 1.10. The first-order valence-corrected chi connectivity index (χ1v) is 5.96. The minimum absolute atomic E-state index is 0.357. The van der Waals surface area contributed by atoms with Crippen molar-refractivity contribution in [2.45, 2.75) is 12.3 Å². The Morgan fingerprint density at radius 1 is 1.12 bits per heavy atom. The lowest BCUT2D eigenvalue weighted by molar-refractivity contribution is 0.0794. The Hall–Kier alpha value is -0.910. The molecule has 0 bridgehead atoms. The summed E-state index contributed by atoms with van der Waals surface area (Å²) in [6.45, 7) is 2.38. The lowest BCUT2D eigenvalue weighted by Gasteiger charge is -2.06. The van der Waals surface area contributed by atoms with Gasteiger partial charge in [-0.3, -0.25) is 4.98 Å². The topological polar surface area (TPSA) is 53.5 Å². The van der Waals surface area contributed by atoms with Crippen molar-refractivity contribution in [3.05, 3.63) is 18.1 Å². The van der Waals surface area contributed by atoms with Crippen LogP contribution in [0.3, 0.4) is 0 Å². The van der Waals surface area contributed by atoms with Crippen LogP contribution in [0.4, 0.5) is 0 Å². The molecular formula is C11H17ClN2O3. The summed E-state index contributed by atoms with van der Waals surface area (Å²) in [6, 6.07) is 0. The van der Waals surface area contributed by atoms with Crippen LogP contribution in [0.1, 0.15) is 12.1 Å². The molecule has 0 saturated carbocycles. The number of hydrogen-bond donors (Lipinski definition) is 0. The summed E-state index contributed by atoms with van der Waals surface area (Å²) < 4.78 is 15.6. The number of hydrogen-bond acceptors (Lipinski definition) is 5. The quantitative estimate of drug-likeness (QED) is 0.499. The van der Waals surface area contributed by atoms with Crippen molar-refractivity contribution < 1.29 is 14.2 Å². The summed E-state index contributed by atoms with van der Waals surface area (Å²) in [6.07, 6.45) is 4.05. The molecule has 0 unspecified atom stereocenters. The van der Waals surface area contributed by atoms with Gasteiger partial charge in [-0.1, -0.05) is 0 Å². The second-order valence-electron chi connectivity index (χ2n) is 3.29. The molecule has 0 aromatic carbocycles. The Kier molecular flexibility index (Phi) is 7.62. The molecule has 96 valence electrons. The SMILES string of the molecule is COCCCOCCOc1cnc(CCl)cn1. The van der Waals surface area contributed by atoms with Crippen molar-refractivity contribution in [3.63, 3.8) is 0 Å². The number of ether oxygens (including phenoxy) is 3. The molecule has 0 fully saturated rings. The molecule has 0 atom stereocenters. The van der Waals surface area contributed by atoms with Crippen LogP contribution in [0.25, 0.3) is 0 Å². The van der Waals surface area contributed by atoms with Crippen LogP contribution in [0, 0.1) is 0 Å². The summed E-state index contributed by atoms with van der Waals surface area (Å²) in [7, 11) is 1.67. The number of methoxy groups -OCH3 is 1. The first-order valence-electron chi connectivity index (χ1n) is 5.43. The lowest BCUT2D eigenvalue weighted by atomic mass is 10.5. The molecule has 1 rings (SSSR count). The van der Waals surface area contributed by atoms with Crippen LogP contribution in [-0.2, 0) is 15.4 Å². The van der Waals surface area contributed by atoms with Crippen LogP contribution in [0.15, 0.2) is 12.4 Å². The third-order valence-corrected chi connectivity index (χ3v) is 2.21. The van der Waals surface area contributed by atoms with Gasteiger partial charge in [0.2, 0.25) is 5.88 Å². The zero-order valence-electron chi connectivity index (χ0n) is 9.89. The fraction of sp³-hybridized carbons (Fsp3) is 0.636. The minimum Gasteiger partial charge on any atom is -0.474 e. The normalized spacial score (nSPS) is 10.5. The average molecular weight is 261 g/mol. The van der Waals surface area contributed by atoms with Crippen LogP contribution in [-0.4, -0.2) is 43.5 Å². The van der Waals surface area contributed by atoms with E-state index in [-0.39, 0.29) is 0 Å². The molecule has 0 saturated heterocycles. The summed E-state index contributed by atoms with van der Waals surface area (Å²) >= 11 is 5.59. The molecule has 0 N–H and O–H groups in total. The molecule has 5 nitrogen and oxygen atoms in total. The highest BCUT2D eigenvalue weighted by atomic mass is 35.5. The van der Waals surface area contributed by atoms with E-state index in [4.69, 9.17) is 25.8 Å². The maximum Gasteiger partial charge on any atom is 0.232 e. The number of halogens is 1. The molecular weight excluding hydrogens is 244 g/mol. The Bertz CT molecular complexity index is 295. The molecule has 1 aromatic rings. The van der Waals surface area contributed by atoms with E-state index >= 15 is 0 Å². The van der Waals surface area contributed by atoms with E-state index in [1.807, 2.05) is 0 Å². The molecule has 0 aliphatic heterocycles. The Labute approximate surface area is 106 Å². The fourth-order valence-corrected chi connectivity index (χ4v) is 1.24. The first-order chi connectivity index (χ1) is 8.36. The Morgan fingerprint density at radius 3 is 2.65 bits per heavy atom. The molecule has 6 heteroatoms. The Balaban J connectivity index is 2.05. The smallest absolute Gasteiger partial charge is 0.232 e. The van der Waals surface area contributed by atoms with E-state index in [2.05, 4.69) is 9.97 Å². The van der Waals surface area contributed by atoms with Gasteiger partial charge >= 0.3 is 0 Å². The molecule has 17 heavy (non-hydrogen) atoms. The molecule has 0 amide bonds. The number of aromatic nitrogens is 2. The second kappa shape index (κ2) is 9.15. The van der Waals surface area contributed by atoms with Gasteiger partial charge in [0.05, 0.1) is 30.6 Å². The number of alkyl halides is 1. The van der Waals surface area contributed by atoms with Gasteiger partial charge in [0.15, 0.2) is 0 Å². The van der Waals surface area contributed by atoms with Gasteiger partial charge in [-0.05, 0) is 6.42 Å². The molecule has 0 aliphatic carbocycles. The van der Waals surface area contributed by atoms with Crippen molar-refractivity contribution >= 4 is 11.6 Å². The van der Waals surface area contributed by atoms with Crippen LogP contribution in [0.2, 0.25) is 0 Å². The van der Waals surface area contributed by atoms with Gasteiger partial charge in [-0.15, -0.1) is 11.6 Å². The van der Waals surface area contributed by atoms with Crippen molar-refractivity contribution in [2.24, 2.45) is 0 Å². The molecule has 1 aromatic heterocycles. The third-order valence-electron chi connectivity index (χ3n) is 1.93. The summed E-state index contributed by atoms with van der Waals surface area (Å²) in [5, 5.41) is 0. The monoisotopic (exact) mass is 260 g/mol. The summed E-state index contributed by atoms with van der Waals surface area (Å²) in [5.41, 5.74) is 0.731. The van der Waals surface area contributed by atoms with E-state index in [1.165, 1.54) is 0 Å². The van der Waals surface area contributed by atoms with E-state index in [1.54, 1.807) is 19.5 Å². The van der Waals surface area contributed by atoms with E-state index in [9.17, 15) is 0 Å². The maximum absolute atomic E-state index is 5.59. The Morgan fingerprint density at radius 2 is 2.00 bits per heavy atom. The van der Waals surface area contributed by atoms with Crippen molar-refractivity contribution in [1.29, 1.82) is 0 Å². The highest BCUT2D eigenvalue weighted by molar-refractivity contribution is 6.16. The van der Waals surface area contributed by atoms with Crippen molar-refractivity contribution in [3.8, 4) is 5.88 Å². The summed E-state index contributed by atoms with van der Waals surface area (Å²) in [5.74, 6) is 0.843. The maximum atomic E-state index is 5.59. The van der Waals surface area contributed by atoms with Gasteiger partial charge in [-0.25, -0.2) is 4.98 Å². The van der Waals surface area contributed by atoms with Crippen LogP contribution >= 0.6 is 11.6 Å². The molecule has 0 radical (unpaired) electrons. The van der Waals surface area contributed by atoms with E-state index in [0.717, 1.165) is 12.1 Å². The van der Waals surface area contributed by atoms with E-state index in [0.29, 0.717) is 38.2 Å². The molecule has 1 heterocycles.